The molecule has 4 nitrogen and oxygen atoms in total. The second kappa shape index (κ2) is 7.81. The molecule has 0 heterocycles. The summed E-state index contributed by atoms with van der Waals surface area (Å²) in [7, 11) is 0. The van der Waals surface area contributed by atoms with Crippen LogP contribution in [0, 0.1) is 0 Å². The summed E-state index contributed by atoms with van der Waals surface area (Å²) in [5.74, 6) is 0.0614. The number of amidine groups is 1. The van der Waals surface area contributed by atoms with Crippen LogP contribution in [-0.4, -0.2) is 17.6 Å². The summed E-state index contributed by atoms with van der Waals surface area (Å²) in [5.41, 5.74) is 8.00. The molecule has 5 heteroatoms. The van der Waals surface area contributed by atoms with Gasteiger partial charge in [0.15, 0.2) is 0 Å². The standard InChI is InChI=1S/C16H18BrN3O/c17-14-8-4-5-12(9-14)10-19-11-15(16(18)20-21)13-6-2-1-3-7-13/h1-9,15,19,21H,10-11H2,(H2,18,20). The molecule has 1 atom stereocenters. The fraction of sp³-hybridized carbons (Fsp3) is 0.188. The van der Waals surface area contributed by atoms with E-state index < -0.39 is 0 Å². The molecule has 4 N–H and O–H groups in total. The molecule has 2 aromatic carbocycles. The maximum atomic E-state index is 8.95. The van der Waals surface area contributed by atoms with E-state index in [0.717, 1.165) is 16.6 Å². The van der Waals surface area contributed by atoms with Crippen LogP contribution in [0.2, 0.25) is 0 Å². The molecule has 21 heavy (non-hydrogen) atoms. The minimum absolute atomic E-state index is 0.150. The van der Waals surface area contributed by atoms with Crippen molar-refractivity contribution in [2.24, 2.45) is 10.9 Å². The van der Waals surface area contributed by atoms with Gasteiger partial charge in [-0.25, -0.2) is 0 Å². The van der Waals surface area contributed by atoms with Gasteiger partial charge in [0.25, 0.3) is 0 Å². The number of nitrogens with one attached hydrogen (secondary N) is 1. The lowest BCUT2D eigenvalue weighted by Crippen LogP contribution is -2.31. The molecule has 110 valence electrons. The van der Waals surface area contributed by atoms with Gasteiger partial charge in [-0.2, -0.15) is 0 Å². The molecular weight excluding hydrogens is 330 g/mol. The van der Waals surface area contributed by atoms with Gasteiger partial charge in [0, 0.05) is 17.6 Å². The number of rotatable bonds is 6. The number of nitrogens with two attached hydrogens (primary N) is 1. The highest BCUT2D eigenvalue weighted by atomic mass is 79.9. The Bertz CT molecular complexity index is 601. The zero-order valence-electron chi connectivity index (χ0n) is 11.5. The fourth-order valence-corrected chi connectivity index (χ4v) is 2.60. The van der Waals surface area contributed by atoms with Gasteiger partial charge in [-0.05, 0) is 23.3 Å². The molecule has 0 radical (unpaired) electrons. The summed E-state index contributed by atoms with van der Waals surface area (Å²) in [4.78, 5) is 0. The van der Waals surface area contributed by atoms with E-state index in [-0.39, 0.29) is 11.8 Å². The molecule has 0 fully saturated rings. The van der Waals surface area contributed by atoms with Gasteiger partial charge in [0.05, 0.1) is 5.92 Å². The lowest BCUT2D eigenvalue weighted by Gasteiger charge is -2.17. The van der Waals surface area contributed by atoms with Crippen molar-refractivity contribution in [3.05, 3.63) is 70.2 Å². The number of benzene rings is 2. The van der Waals surface area contributed by atoms with Crippen molar-refractivity contribution >= 4 is 21.8 Å². The Morgan fingerprint density at radius 1 is 1.19 bits per heavy atom. The van der Waals surface area contributed by atoms with E-state index in [1.807, 2.05) is 42.5 Å². The summed E-state index contributed by atoms with van der Waals surface area (Å²) in [5, 5.41) is 15.5. The van der Waals surface area contributed by atoms with E-state index in [0.29, 0.717) is 6.54 Å². The second-order valence-electron chi connectivity index (χ2n) is 4.75. The van der Waals surface area contributed by atoms with Crippen LogP contribution >= 0.6 is 15.9 Å². The third-order valence-corrected chi connectivity index (χ3v) is 3.73. The van der Waals surface area contributed by atoms with Crippen LogP contribution in [0.3, 0.4) is 0 Å². The van der Waals surface area contributed by atoms with E-state index in [4.69, 9.17) is 10.9 Å². The van der Waals surface area contributed by atoms with E-state index in [9.17, 15) is 0 Å². The number of hydrogen-bond donors (Lipinski definition) is 3. The highest BCUT2D eigenvalue weighted by Gasteiger charge is 2.15. The molecule has 1 unspecified atom stereocenters. The first-order chi connectivity index (χ1) is 10.2. The Morgan fingerprint density at radius 2 is 1.95 bits per heavy atom. The molecule has 0 amide bonds. The van der Waals surface area contributed by atoms with Crippen LogP contribution in [-0.2, 0) is 6.54 Å². The Hall–Kier alpha value is -1.85. The van der Waals surface area contributed by atoms with Crippen molar-refractivity contribution in [3.63, 3.8) is 0 Å². The van der Waals surface area contributed by atoms with Crippen LogP contribution < -0.4 is 11.1 Å². The highest BCUT2D eigenvalue weighted by Crippen LogP contribution is 2.16. The van der Waals surface area contributed by atoms with E-state index >= 15 is 0 Å². The SMILES string of the molecule is NC(=NO)C(CNCc1cccc(Br)c1)c1ccccc1. The number of nitrogens with zero attached hydrogens (tertiary/aromatic N) is 1. The molecule has 0 spiro atoms. The number of oxime groups is 1. The second-order valence-corrected chi connectivity index (χ2v) is 5.66. The van der Waals surface area contributed by atoms with Crippen molar-refractivity contribution in [2.75, 3.05) is 6.54 Å². The first kappa shape index (κ1) is 15.5. The van der Waals surface area contributed by atoms with E-state index in [1.54, 1.807) is 0 Å². The maximum Gasteiger partial charge on any atom is 0.147 e. The third-order valence-electron chi connectivity index (χ3n) is 3.24. The summed E-state index contributed by atoms with van der Waals surface area (Å²) < 4.78 is 1.05. The molecule has 2 rings (SSSR count). The molecule has 0 aromatic heterocycles. The van der Waals surface area contributed by atoms with Crippen molar-refractivity contribution in [3.8, 4) is 0 Å². The van der Waals surface area contributed by atoms with Gasteiger partial charge < -0.3 is 16.3 Å². The molecule has 0 aliphatic heterocycles. The highest BCUT2D eigenvalue weighted by molar-refractivity contribution is 9.10. The number of halogens is 1. The monoisotopic (exact) mass is 347 g/mol. The predicted octanol–water partition coefficient (Wildman–Crippen LogP) is 3.07. The Morgan fingerprint density at radius 3 is 2.62 bits per heavy atom. The van der Waals surface area contributed by atoms with E-state index in [1.165, 1.54) is 5.56 Å². The van der Waals surface area contributed by atoms with Gasteiger partial charge in [-0.1, -0.05) is 63.6 Å². The van der Waals surface area contributed by atoms with Crippen molar-refractivity contribution < 1.29 is 5.21 Å². The van der Waals surface area contributed by atoms with Crippen LogP contribution in [0.4, 0.5) is 0 Å². The Labute approximate surface area is 132 Å². The van der Waals surface area contributed by atoms with Crippen LogP contribution in [0.5, 0.6) is 0 Å². The number of hydrogen-bond acceptors (Lipinski definition) is 3. The van der Waals surface area contributed by atoms with Gasteiger partial charge in [0.1, 0.15) is 5.84 Å². The average Bonchev–Trinajstić information content (AvgIpc) is 2.52. The maximum absolute atomic E-state index is 8.95. The van der Waals surface area contributed by atoms with Crippen LogP contribution in [0.1, 0.15) is 17.0 Å². The molecule has 2 aromatic rings. The van der Waals surface area contributed by atoms with Crippen molar-refractivity contribution in [1.29, 1.82) is 0 Å². The summed E-state index contributed by atoms with van der Waals surface area (Å²) >= 11 is 3.45. The predicted molar refractivity (Wildman–Crippen MR) is 88.4 cm³/mol. The topological polar surface area (TPSA) is 70.6 Å². The fourth-order valence-electron chi connectivity index (χ4n) is 2.16. The zero-order chi connectivity index (χ0) is 15.1. The van der Waals surface area contributed by atoms with Crippen molar-refractivity contribution in [2.45, 2.75) is 12.5 Å². The Balaban J connectivity index is 2.00. The Kier molecular flexibility index (Phi) is 5.78. The molecule has 0 aliphatic carbocycles. The summed E-state index contributed by atoms with van der Waals surface area (Å²) in [6.07, 6.45) is 0. The van der Waals surface area contributed by atoms with Gasteiger partial charge in [0.2, 0.25) is 0 Å². The smallest absolute Gasteiger partial charge is 0.147 e. The quantitative estimate of drug-likeness (QED) is 0.325. The minimum Gasteiger partial charge on any atom is -0.409 e. The third kappa shape index (κ3) is 4.58. The minimum atomic E-state index is -0.150. The normalized spacial score (nSPS) is 13.1. The lowest BCUT2D eigenvalue weighted by molar-refractivity contribution is 0.315. The van der Waals surface area contributed by atoms with Crippen LogP contribution in [0.25, 0.3) is 0 Å². The average molecular weight is 348 g/mol. The first-order valence-corrected chi connectivity index (χ1v) is 7.47. The largest absolute Gasteiger partial charge is 0.409 e. The summed E-state index contributed by atoms with van der Waals surface area (Å²) in [6.45, 7) is 1.33. The van der Waals surface area contributed by atoms with Gasteiger partial charge in [-0.15, -0.1) is 0 Å². The molecule has 0 aliphatic rings. The van der Waals surface area contributed by atoms with E-state index in [2.05, 4.69) is 38.5 Å². The van der Waals surface area contributed by atoms with Gasteiger partial charge in [-0.3, -0.25) is 0 Å². The zero-order valence-corrected chi connectivity index (χ0v) is 13.1. The first-order valence-electron chi connectivity index (χ1n) is 6.68. The van der Waals surface area contributed by atoms with Gasteiger partial charge >= 0.3 is 0 Å². The van der Waals surface area contributed by atoms with Crippen LogP contribution in [0.15, 0.2) is 64.2 Å². The lowest BCUT2D eigenvalue weighted by atomic mass is 9.98. The molecule has 0 saturated heterocycles. The summed E-state index contributed by atoms with van der Waals surface area (Å²) in [6, 6.07) is 17.9. The molecule has 0 bridgehead atoms. The molecule has 0 saturated carbocycles. The molecular formula is C16H18BrN3O. The van der Waals surface area contributed by atoms with Crippen molar-refractivity contribution in [1.82, 2.24) is 5.32 Å².